The first-order chi connectivity index (χ1) is 13.8. The van der Waals surface area contributed by atoms with Crippen LogP contribution in [0.25, 0.3) is 32.7 Å². The van der Waals surface area contributed by atoms with Crippen molar-refractivity contribution >= 4 is 32.7 Å². The zero-order valence-corrected chi connectivity index (χ0v) is 12.9. The summed E-state index contributed by atoms with van der Waals surface area (Å²) in [5.41, 5.74) is 1.22. The maximum absolute atomic E-state index is 8.56. The van der Waals surface area contributed by atoms with Gasteiger partial charge in [0.15, 0.2) is 0 Å². The highest BCUT2D eigenvalue weighted by molar-refractivity contribution is 6.15. The lowest BCUT2D eigenvalue weighted by molar-refractivity contribution is 0.570. The Labute approximate surface area is 141 Å². The maximum atomic E-state index is 8.56. The van der Waals surface area contributed by atoms with Crippen LogP contribution >= 0.6 is 0 Å². The van der Waals surface area contributed by atoms with E-state index >= 15 is 0 Å². The van der Waals surface area contributed by atoms with E-state index in [1.54, 1.807) is 6.92 Å². The van der Waals surface area contributed by atoms with Gasteiger partial charge in [0.05, 0.1) is 11.0 Å². The summed E-state index contributed by atoms with van der Waals surface area (Å²) in [7, 11) is 0. The van der Waals surface area contributed by atoms with Crippen molar-refractivity contribution < 1.29 is 15.4 Å². The molecule has 0 aliphatic heterocycles. The van der Waals surface area contributed by atoms with Crippen molar-refractivity contribution in [3.05, 3.63) is 59.5 Å². The van der Waals surface area contributed by atoms with Crippen molar-refractivity contribution in [2.24, 2.45) is 0 Å². The molecule has 0 aliphatic carbocycles. The highest BCUT2D eigenvalue weighted by Crippen LogP contribution is 2.40. The predicted octanol–water partition coefficient (Wildman–Crippen LogP) is 6.35. The van der Waals surface area contributed by atoms with Gasteiger partial charge in [-0.25, -0.2) is 0 Å². The first-order valence-corrected chi connectivity index (χ1v) is 7.16. The molecule has 0 radical (unpaired) electrons. The molecule has 1 heterocycles. The van der Waals surface area contributed by atoms with E-state index < -0.39 is 23.5 Å². The molecule has 1 heteroatoms. The summed E-state index contributed by atoms with van der Waals surface area (Å²) in [4.78, 5) is 0. The Balaban J connectivity index is 2.46. The standard InChI is InChI=1S/C21H20O/c1-13-9-11-17-16-12-10-14-7-5-6-8-15(14)19(16)22-20(17)18(13)21(2,3)4/h5-12H,1-4H3/i5D,6D,7D,8D,9D,10D,11D,12D. The second-order valence-corrected chi connectivity index (χ2v) is 6.51. The number of hydrogen-bond donors (Lipinski definition) is 0. The molecule has 0 aliphatic rings. The van der Waals surface area contributed by atoms with Crippen LogP contribution in [0.4, 0.5) is 0 Å². The molecule has 0 atom stereocenters. The molecular formula is C21H20O. The second kappa shape index (κ2) is 4.36. The summed E-state index contributed by atoms with van der Waals surface area (Å²) < 4.78 is 72.7. The Morgan fingerprint density at radius 3 is 2.27 bits per heavy atom. The molecule has 0 amide bonds. The zero-order valence-electron chi connectivity index (χ0n) is 20.9. The molecule has 1 nitrogen and oxygen atoms in total. The molecule has 0 unspecified atom stereocenters. The van der Waals surface area contributed by atoms with Crippen LogP contribution in [0.15, 0.2) is 52.8 Å². The minimum absolute atomic E-state index is 0.0103. The van der Waals surface area contributed by atoms with Gasteiger partial charge in [-0.3, -0.25) is 0 Å². The summed E-state index contributed by atoms with van der Waals surface area (Å²) in [5.74, 6) is 0. The highest BCUT2D eigenvalue weighted by atomic mass is 16.3. The van der Waals surface area contributed by atoms with Crippen LogP contribution in [0, 0.1) is 6.92 Å². The fourth-order valence-corrected chi connectivity index (χ4v) is 3.02. The SMILES string of the molecule is [2H]c1c([2H])c([2H])c2c(c1[2H])c([2H])c([2H])c1c2oc2c(C(C)(C)C)c(C)c([2H])c([2H])c21. The largest absolute Gasteiger partial charge is 0.455 e. The number of benzene rings is 3. The third-order valence-electron chi connectivity index (χ3n) is 3.86. The van der Waals surface area contributed by atoms with Gasteiger partial charge >= 0.3 is 0 Å². The fourth-order valence-electron chi connectivity index (χ4n) is 3.02. The van der Waals surface area contributed by atoms with Gasteiger partial charge in [-0.2, -0.15) is 0 Å². The fraction of sp³-hybridized carbons (Fsp3) is 0.238. The summed E-state index contributed by atoms with van der Waals surface area (Å²) in [6, 6.07) is -2.42. The van der Waals surface area contributed by atoms with Crippen molar-refractivity contribution in [3.63, 3.8) is 0 Å². The minimum Gasteiger partial charge on any atom is -0.455 e. The van der Waals surface area contributed by atoms with Gasteiger partial charge in [-0.1, -0.05) is 63.1 Å². The summed E-state index contributed by atoms with van der Waals surface area (Å²) in [6.07, 6.45) is 0. The number of rotatable bonds is 0. The quantitative estimate of drug-likeness (QED) is 0.369. The normalized spacial score (nSPS) is 17.6. The lowest BCUT2D eigenvalue weighted by atomic mass is 9.83. The monoisotopic (exact) mass is 296 g/mol. The highest BCUT2D eigenvalue weighted by Gasteiger charge is 2.23. The lowest BCUT2D eigenvalue weighted by Gasteiger charge is -2.21. The molecule has 0 saturated heterocycles. The Morgan fingerprint density at radius 2 is 1.50 bits per heavy atom. The average Bonchev–Trinajstić information content (AvgIpc) is 3.04. The number of furan rings is 1. The number of hydrogen-bond acceptors (Lipinski definition) is 1. The smallest absolute Gasteiger partial charge is 0.143 e. The molecule has 1 aromatic heterocycles. The third-order valence-corrected chi connectivity index (χ3v) is 3.86. The van der Waals surface area contributed by atoms with Crippen LogP contribution in [-0.2, 0) is 5.41 Å². The van der Waals surface area contributed by atoms with Crippen molar-refractivity contribution in [1.82, 2.24) is 0 Å². The van der Waals surface area contributed by atoms with Crippen molar-refractivity contribution in [3.8, 4) is 0 Å². The molecule has 4 aromatic rings. The first kappa shape index (κ1) is 7.32. The summed E-state index contributed by atoms with van der Waals surface area (Å²) in [6.45, 7) is 7.60. The van der Waals surface area contributed by atoms with Gasteiger partial charge in [0.2, 0.25) is 0 Å². The van der Waals surface area contributed by atoms with Crippen LogP contribution in [0.1, 0.15) is 42.9 Å². The second-order valence-electron chi connectivity index (χ2n) is 6.51. The molecule has 0 saturated carbocycles. The Hall–Kier alpha value is -2.28. The summed E-state index contributed by atoms with van der Waals surface area (Å²) in [5, 5.41) is 0.315. The number of fused-ring (bicyclic) bond motifs is 5. The van der Waals surface area contributed by atoms with Crippen LogP contribution in [0.5, 0.6) is 0 Å². The van der Waals surface area contributed by atoms with Gasteiger partial charge in [-0.15, -0.1) is 0 Å². The van der Waals surface area contributed by atoms with Crippen LogP contribution in [0.2, 0.25) is 0 Å². The average molecular weight is 296 g/mol. The molecule has 0 fully saturated rings. The van der Waals surface area contributed by atoms with Gasteiger partial charge < -0.3 is 4.42 Å². The van der Waals surface area contributed by atoms with Gasteiger partial charge in [0.25, 0.3) is 0 Å². The summed E-state index contributed by atoms with van der Waals surface area (Å²) >= 11 is 0. The molecule has 3 aromatic carbocycles. The maximum Gasteiger partial charge on any atom is 0.143 e. The molecule has 0 N–H and O–H groups in total. The molecule has 4 rings (SSSR count). The van der Waals surface area contributed by atoms with Crippen LogP contribution in [-0.4, -0.2) is 0 Å². The van der Waals surface area contributed by atoms with E-state index in [0.717, 1.165) is 0 Å². The Morgan fingerprint density at radius 1 is 0.818 bits per heavy atom. The van der Waals surface area contributed by atoms with Crippen molar-refractivity contribution in [2.75, 3.05) is 0 Å². The third kappa shape index (κ3) is 1.78. The Bertz CT molecular complexity index is 1410. The molecule has 0 bridgehead atoms. The van der Waals surface area contributed by atoms with Crippen LogP contribution < -0.4 is 0 Å². The zero-order chi connectivity index (χ0) is 22.4. The van der Waals surface area contributed by atoms with Gasteiger partial charge in [-0.05, 0) is 29.3 Å². The molecule has 0 spiro atoms. The van der Waals surface area contributed by atoms with E-state index in [1.807, 2.05) is 20.8 Å². The Kier molecular flexibility index (Phi) is 1.45. The van der Waals surface area contributed by atoms with E-state index in [0.29, 0.717) is 16.7 Å². The molecule has 22 heavy (non-hydrogen) atoms. The predicted molar refractivity (Wildman–Crippen MR) is 94.7 cm³/mol. The van der Waals surface area contributed by atoms with Gasteiger partial charge in [0.1, 0.15) is 11.2 Å². The molecule has 110 valence electrons. The van der Waals surface area contributed by atoms with Crippen LogP contribution in [0.3, 0.4) is 0 Å². The van der Waals surface area contributed by atoms with E-state index in [-0.39, 0.29) is 57.3 Å². The topological polar surface area (TPSA) is 13.1 Å². The molecular weight excluding hydrogens is 268 g/mol. The van der Waals surface area contributed by atoms with Gasteiger partial charge in [0, 0.05) is 21.7 Å². The lowest BCUT2D eigenvalue weighted by Crippen LogP contribution is -2.13. The minimum atomic E-state index is -0.475. The van der Waals surface area contributed by atoms with E-state index in [1.165, 1.54) is 0 Å². The van der Waals surface area contributed by atoms with Crippen molar-refractivity contribution in [1.29, 1.82) is 0 Å². The van der Waals surface area contributed by atoms with E-state index in [9.17, 15) is 0 Å². The first-order valence-electron chi connectivity index (χ1n) is 11.2. The van der Waals surface area contributed by atoms with E-state index in [4.69, 9.17) is 15.4 Å². The van der Waals surface area contributed by atoms with E-state index in [2.05, 4.69) is 0 Å². The van der Waals surface area contributed by atoms with Crippen molar-refractivity contribution in [2.45, 2.75) is 33.1 Å².